The Morgan fingerprint density at radius 1 is 1.30 bits per heavy atom. The van der Waals surface area contributed by atoms with Crippen LogP contribution in [-0.2, 0) is 4.79 Å². The van der Waals surface area contributed by atoms with Gasteiger partial charge in [0.15, 0.2) is 0 Å². The minimum absolute atomic E-state index is 0.162. The quantitative estimate of drug-likeness (QED) is 0.902. The largest absolute Gasteiger partial charge is 0.480 e. The Morgan fingerprint density at radius 2 is 2.00 bits per heavy atom. The van der Waals surface area contributed by atoms with Crippen LogP contribution in [0.1, 0.15) is 41.3 Å². The molecular weight excluding hydrogens is 254 g/mol. The number of aryl methyl sites for hydroxylation is 1. The molecular formula is C16H21NO3. The highest BCUT2D eigenvalue weighted by Gasteiger charge is 2.35. The zero-order chi connectivity index (χ0) is 14.9. The number of carbonyl (C=O) groups excluding carboxylic acids is 1. The van der Waals surface area contributed by atoms with E-state index in [1.807, 2.05) is 32.9 Å². The van der Waals surface area contributed by atoms with Gasteiger partial charge in [-0.2, -0.15) is 0 Å². The van der Waals surface area contributed by atoms with Crippen molar-refractivity contribution < 1.29 is 14.7 Å². The number of aliphatic carboxylic acids is 1. The molecule has 1 aliphatic rings. The molecule has 20 heavy (non-hydrogen) atoms. The summed E-state index contributed by atoms with van der Waals surface area (Å²) in [6.07, 6.45) is 1.40. The lowest BCUT2D eigenvalue weighted by atomic mass is 9.91. The molecule has 2 rings (SSSR count). The first-order valence-corrected chi connectivity index (χ1v) is 7.01. The van der Waals surface area contributed by atoms with E-state index in [1.165, 1.54) is 4.90 Å². The van der Waals surface area contributed by atoms with Gasteiger partial charge in [0.1, 0.15) is 6.04 Å². The van der Waals surface area contributed by atoms with Gasteiger partial charge in [0.2, 0.25) is 0 Å². The summed E-state index contributed by atoms with van der Waals surface area (Å²) in [6.45, 7) is 6.42. The fourth-order valence-electron chi connectivity index (χ4n) is 2.76. The number of likely N-dealkylation sites (tertiary alicyclic amines) is 1. The molecule has 1 fully saturated rings. The summed E-state index contributed by atoms with van der Waals surface area (Å²) in [5.74, 6) is -0.723. The van der Waals surface area contributed by atoms with Crippen LogP contribution in [0.3, 0.4) is 0 Å². The van der Waals surface area contributed by atoms with Crippen LogP contribution in [0, 0.1) is 19.8 Å². The van der Waals surface area contributed by atoms with E-state index in [-0.39, 0.29) is 5.91 Å². The average molecular weight is 275 g/mol. The van der Waals surface area contributed by atoms with Gasteiger partial charge in [-0.05, 0) is 49.8 Å². The highest BCUT2D eigenvalue weighted by atomic mass is 16.4. The number of carboxylic acid groups (broad SMARTS) is 1. The second kappa shape index (κ2) is 5.65. The van der Waals surface area contributed by atoms with Crippen LogP contribution in [0.5, 0.6) is 0 Å². The number of benzene rings is 1. The van der Waals surface area contributed by atoms with Crippen molar-refractivity contribution in [2.45, 2.75) is 39.7 Å². The molecule has 1 amide bonds. The lowest BCUT2D eigenvalue weighted by Crippen LogP contribution is -2.49. The van der Waals surface area contributed by atoms with Gasteiger partial charge in [-0.1, -0.05) is 19.1 Å². The van der Waals surface area contributed by atoms with Gasteiger partial charge in [-0.15, -0.1) is 0 Å². The van der Waals surface area contributed by atoms with Crippen LogP contribution in [0.15, 0.2) is 18.2 Å². The first kappa shape index (κ1) is 14.6. The van der Waals surface area contributed by atoms with Crippen molar-refractivity contribution in [3.8, 4) is 0 Å². The van der Waals surface area contributed by atoms with Gasteiger partial charge in [-0.25, -0.2) is 4.79 Å². The molecule has 0 spiro atoms. The van der Waals surface area contributed by atoms with Crippen LogP contribution in [0.2, 0.25) is 0 Å². The first-order chi connectivity index (χ1) is 9.41. The van der Waals surface area contributed by atoms with E-state index >= 15 is 0 Å². The number of rotatable bonds is 2. The Labute approximate surface area is 119 Å². The van der Waals surface area contributed by atoms with E-state index < -0.39 is 12.0 Å². The third kappa shape index (κ3) is 2.69. The van der Waals surface area contributed by atoms with Gasteiger partial charge in [0, 0.05) is 12.1 Å². The normalized spacial score (nSPS) is 22.6. The van der Waals surface area contributed by atoms with E-state index in [4.69, 9.17) is 0 Å². The highest BCUT2D eigenvalue weighted by molar-refractivity contribution is 5.98. The second-order valence-corrected chi connectivity index (χ2v) is 5.73. The summed E-state index contributed by atoms with van der Waals surface area (Å²) >= 11 is 0. The van der Waals surface area contributed by atoms with Gasteiger partial charge in [0.25, 0.3) is 5.91 Å². The number of hydrogen-bond donors (Lipinski definition) is 1. The first-order valence-electron chi connectivity index (χ1n) is 7.01. The van der Waals surface area contributed by atoms with Crippen molar-refractivity contribution in [2.75, 3.05) is 6.54 Å². The Kier molecular flexibility index (Phi) is 4.12. The number of nitrogens with zero attached hydrogens (tertiary/aromatic N) is 1. The summed E-state index contributed by atoms with van der Waals surface area (Å²) in [7, 11) is 0. The van der Waals surface area contributed by atoms with E-state index in [1.54, 1.807) is 6.07 Å². The van der Waals surface area contributed by atoms with Crippen LogP contribution < -0.4 is 0 Å². The van der Waals surface area contributed by atoms with Crippen molar-refractivity contribution >= 4 is 11.9 Å². The van der Waals surface area contributed by atoms with Crippen molar-refractivity contribution in [1.82, 2.24) is 4.90 Å². The predicted octanol–water partition coefficient (Wildman–Crippen LogP) is 2.63. The molecule has 0 aliphatic carbocycles. The van der Waals surface area contributed by atoms with Crippen molar-refractivity contribution in [3.05, 3.63) is 34.9 Å². The topological polar surface area (TPSA) is 57.6 Å². The molecule has 4 heteroatoms. The summed E-state index contributed by atoms with van der Waals surface area (Å²) in [6, 6.07) is 4.88. The zero-order valence-electron chi connectivity index (χ0n) is 12.2. The third-order valence-corrected chi connectivity index (χ3v) is 4.25. The standard InChI is InChI=1S/C16H21NO3/c1-10-7-8-17(14(9-10)16(19)20)15(18)13-6-4-5-11(2)12(13)3/h4-6,10,14H,7-9H2,1-3H3,(H,19,20). The number of amides is 1. The molecule has 0 radical (unpaired) electrons. The van der Waals surface area contributed by atoms with E-state index in [0.717, 1.165) is 17.5 Å². The lowest BCUT2D eigenvalue weighted by Gasteiger charge is -2.36. The molecule has 108 valence electrons. The zero-order valence-corrected chi connectivity index (χ0v) is 12.2. The Balaban J connectivity index is 2.31. The summed E-state index contributed by atoms with van der Waals surface area (Å²) in [4.78, 5) is 25.6. The monoisotopic (exact) mass is 275 g/mol. The predicted molar refractivity (Wildman–Crippen MR) is 76.8 cm³/mol. The van der Waals surface area contributed by atoms with Gasteiger partial charge < -0.3 is 10.0 Å². The molecule has 1 aliphatic heterocycles. The van der Waals surface area contributed by atoms with Crippen molar-refractivity contribution in [3.63, 3.8) is 0 Å². The maximum absolute atomic E-state index is 12.7. The summed E-state index contributed by atoms with van der Waals surface area (Å²) < 4.78 is 0. The molecule has 1 aromatic carbocycles. The summed E-state index contributed by atoms with van der Waals surface area (Å²) in [5.41, 5.74) is 2.60. The van der Waals surface area contributed by atoms with E-state index in [2.05, 4.69) is 0 Å². The SMILES string of the molecule is Cc1cccc(C(=O)N2CCC(C)CC2C(=O)O)c1C. The van der Waals surface area contributed by atoms with Gasteiger partial charge >= 0.3 is 5.97 Å². The molecule has 2 unspecified atom stereocenters. The smallest absolute Gasteiger partial charge is 0.326 e. The maximum Gasteiger partial charge on any atom is 0.326 e. The van der Waals surface area contributed by atoms with E-state index in [9.17, 15) is 14.7 Å². The van der Waals surface area contributed by atoms with Crippen LogP contribution in [0.25, 0.3) is 0 Å². The second-order valence-electron chi connectivity index (χ2n) is 5.73. The van der Waals surface area contributed by atoms with Crippen LogP contribution >= 0.6 is 0 Å². The maximum atomic E-state index is 12.7. The minimum atomic E-state index is -0.907. The molecule has 0 bridgehead atoms. The fourth-order valence-corrected chi connectivity index (χ4v) is 2.76. The number of piperidine rings is 1. The molecule has 4 nitrogen and oxygen atoms in total. The molecule has 1 saturated heterocycles. The minimum Gasteiger partial charge on any atom is -0.480 e. The average Bonchev–Trinajstić information content (AvgIpc) is 2.41. The molecule has 0 saturated carbocycles. The molecule has 1 heterocycles. The van der Waals surface area contributed by atoms with E-state index in [0.29, 0.717) is 24.4 Å². The van der Waals surface area contributed by atoms with Crippen LogP contribution in [0.4, 0.5) is 0 Å². The van der Waals surface area contributed by atoms with Crippen molar-refractivity contribution in [1.29, 1.82) is 0 Å². The molecule has 1 N–H and O–H groups in total. The van der Waals surface area contributed by atoms with Crippen LogP contribution in [-0.4, -0.2) is 34.5 Å². The Morgan fingerprint density at radius 3 is 2.65 bits per heavy atom. The fraction of sp³-hybridized carbons (Fsp3) is 0.500. The number of hydrogen-bond acceptors (Lipinski definition) is 2. The molecule has 1 aromatic rings. The summed E-state index contributed by atoms with van der Waals surface area (Å²) in [5, 5.41) is 9.35. The molecule has 0 aromatic heterocycles. The molecule has 2 atom stereocenters. The highest BCUT2D eigenvalue weighted by Crippen LogP contribution is 2.25. The van der Waals surface area contributed by atoms with Gasteiger partial charge in [0.05, 0.1) is 0 Å². The third-order valence-electron chi connectivity index (χ3n) is 4.25. The Bertz CT molecular complexity index is 539. The lowest BCUT2D eigenvalue weighted by molar-refractivity contribution is -0.144. The number of carboxylic acids is 1. The van der Waals surface area contributed by atoms with Gasteiger partial charge in [-0.3, -0.25) is 4.79 Å². The van der Waals surface area contributed by atoms with Crippen molar-refractivity contribution in [2.24, 2.45) is 5.92 Å². The Hall–Kier alpha value is -1.84. The number of carbonyl (C=O) groups is 2.